The van der Waals surface area contributed by atoms with Crippen LogP contribution in [0.25, 0.3) is 0 Å². The van der Waals surface area contributed by atoms with Crippen LogP contribution >= 0.6 is 22.6 Å². The van der Waals surface area contributed by atoms with Crippen LogP contribution < -0.4 is 0 Å². The monoisotopic (exact) mass is 314 g/mol. The molecule has 0 amide bonds. The van der Waals surface area contributed by atoms with Crippen molar-refractivity contribution >= 4 is 22.6 Å². The molecule has 0 atom stereocenters. The fraction of sp³-hybridized carbons (Fsp3) is 0.667. The third-order valence-electron chi connectivity index (χ3n) is 0.981. The molecule has 0 bridgehead atoms. The molecule has 1 aromatic heterocycles. The van der Waals surface area contributed by atoms with Gasteiger partial charge < -0.3 is 0 Å². The van der Waals surface area contributed by atoms with Gasteiger partial charge in [-0.05, 0) is 5.21 Å². The zero-order chi connectivity index (χ0) is 10.3. The molecule has 1 heterocycles. The number of aromatic nitrogens is 4. The lowest BCUT2D eigenvalue weighted by atomic mass is 10.5. The summed E-state index contributed by atoms with van der Waals surface area (Å²) < 4.78 is 59.3. The van der Waals surface area contributed by atoms with E-state index in [1.807, 2.05) is 0 Å². The van der Waals surface area contributed by atoms with Crippen LogP contribution in [-0.2, 0) is 6.05 Å². The molecule has 1 aromatic rings. The summed E-state index contributed by atoms with van der Waals surface area (Å²) in [6.45, 7) is 0. The average Bonchev–Trinajstić information content (AvgIpc) is 2.33. The van der Waals surface area contributed by atoms with Gasteiger partial charge in [0.25, 0.3) is 0 Å². The lowest BCUT2D eigenvalue weighted by molar-refractivity contribution is -0.333. The Kier molecular flexibility index (Phi) is 2.42. The Hall–Kier alpha value is -0.550. The highest BCUT2D eigenvalue weighted by Crippen LogP contribution is 2.38. The molecule has 0 saturated heterocycles. The highest BCUT2D eigenvalue weighted by atomic mass is 127. The maximum atomic E-state index is 12.3. The van der Waals surface area contributed by atoms with E-state index in [-0.39, 0.29) is 3.83 Å². The molecule has 0 aromatic carbocycles. The first-order valence-corrected chi connectivity index (χ1v) is 3.73. The minimum Gasteiger partial charge on any atom is -0.169 e. The first kappa shape index (κ1) is 10.5. The highest BCUT2D eigenvalue weighted by Gasteiger charge is 2.61. The number of tetrazole rings is 1. The molecule has 13 heavy (non-hydrogen) atoms. The van der Waals surface area contributed by atoms with Crippen molar-refractivity contribution in [3.05, 3.63) is 3.83 Å². The van der Waals surface area contributed by atoms with Gasteiger partial charge in [0.05, 0.1) is 0 Å². The van der Waals surface area contributed by atoms with Gasteiger partial charge in [-0.25, -0.2) is 0 Å². The Labute approximate surface area is 81.2 Å². The molecule has 0 aliphatic carbocycles. The van der Waals surface area contributed by atoms with Gasteiger partial charge in [0.2, 0.25) is 3.83 Å². The van der Waals surface area contributed by atoms with Gasteiger partial charge in [0.15, 0.2) is 0 Å². The van der Waals surface area contributed by atoms with Gasteiger partial charge in [0, 0.05) is 22.6 Å². The third-order valence-corrected chi connectivity index (χ3v) is 1.41. The Morgan fingerprint density at radius 2 is 1.69 bits per heavy atom. The molecule has 0 saturated carbocycles. The summed E-state index contributed by atoms with van der Waals surface area (Å²) in [5.74, 6) is 0. The summed E-state index contributed by atoms with van der Waals surface area (Å²) in [4.78, 5) is -0.769. The number of hydrogen-bond acceptors (Lipinski definition) is 3. The minimum atomic E-state index is -5.73. The van der Waals surface area contributed by atoms with Crippen LogP contribution in [0.15, 0.2) is 0 Å². The molecule has 0 unspecified atom stereocenters. The number of rotatable bonds is 1. The smallest absolute Gasteiger partial charge is 0.169 e. The fourth-order valence-corrected chi connectivity index (χ4v) is 0.731. The van der Waals surface area contributed by atoms with Crippen LogP contribution in [0.3, 0.4) is 0 Å². The predicted octanol–water partition coefficient (Wildman–Crippen LogP) is 1.39. The van der Waals surface area contributed by atoms with E-state index >= 15 is 0 Å². The molecule has 10 heteroatoms. The van der Waals surface area contributed by atoms with E-state index in [0.29, 0.717) is 0 Å². The molecule has 74 valence electrons. The van der Waals surface area contributed by atoms with Crippen molar-refractivity contribution in [3.8, 4) is 0 Å². The Morgan fingerprint density at radius 1 is 1.15 bits per heavy atom. The van der Waals surface area contributed by atoms with Crippen molar-refractivity contribution in [2.24, 2.45) is 0 Å². The standard InChI is InChI=1S/C3F5IN4/c4-2(5,6)3(7,8)13-11-1(9)10-12-13. The van der Waals surface area contributed by atoms with Crippen LogP contribution in [-0.4, -0.2) is 26.4 Å². The molecule has 4 nitrogen and oxygen atoms in total. The van der Waals surface area contributed by atoms with Crippen molar-refractivity contribution in [1.29, 1.82) is 0 Å². The molecule has 0 aliphatic rings. The summed E-state index contributed by atoms with van der Waals surface area (Å²) in [5, 5.41) is 8.20. The van der Waals surface area contributed by atoms with Gasteiger partial charge in [-0.1, -0.05) is 4.80 Å². The summed E-state index contributed by atoms with van der Waals surface area (Å²) in [5.41, 5.74) is 0. The first-order chi connectivity index (χ1) is 5.75. The van der Waals surface area contributed by atoms with Crippen molar-refractivity contribution < 1.29 is 22.0 Å². The van der Waals surface area contributed by atoms with Gasteiger partial charge >= 0.3 is 12.2 Å². The second kappa shape index (κ2) is 2.99. The average molecular weight is 314 g/mol. The second-order valence-corrected chi connectivity index (χ2v) is 2.85. The van der Waals surface area contributed by atoms with E-state index in [2.05, 4.69) is 15.4 Å². The predicted molar refractivity (Wildman–Crippen MR) is 36.8 cm³/mol. The van der Waals surface area contributed by atoms with Crippen LogP contribution in [0, 0.1) is 3.83 Å². The zero-order valence-electron chi connectivity index (χ0n) is 5.56. The van der Waals surface area contributed by atoms with Gasteiger partial charge in [-0.2, -0.15) is 22.0 Å². The van der Waals surface area contributed by atoms with Crippen LogP contribution in [0.4, 0.5) is 22.0 Å². The zero-order valence-corrected chi connectivity index (χ0v) is 7.71. The topological polar surface area (TPSA) is 43.6 Å². The number of halogens is 6. The highest BCUT2D eigenvalue weighted by molar-refractivity contribution is 14.1. The van der Waals surface area contributed by atoms with Gasteiger partial charge in [0.1, 0.15) is 0 Å². The molecule has 0 spiro atoms. The molecule has 1 rings (SSSR count). The van der Waals surface area contributed by atoms with E-state index < -0.39 is 17.0 Å². The summed E-state index contributed by atoms with van der Waals surface area (Å²) in [6.07, 6.45) is -5.73. The van der Waals surface area contributed by atoms with Crippen molar-refractivity contribution in [1.82, 2.24) is 20.2 Å². The second-order valence-electron chi connectivity index (χ2n) is 1.89. The van der Waals surface area contributed by atoms with E-state index in [9.17, 15) is 22.0 Å². The van der Waals surface area contributed by atoms with Gasteiger partial charge in [-0.3, -0.25) is 0 Å². The maximum Gasteiger partial charge on any atom is 0.479 e. The molecular formula is C3F5IN4. The van der Waals surface area contributed by atoms with Crippen LogP contribution in [0.5, 0.6) is 0 Å². The molecule has 0 N–H and O–H groups in total. The number of alkyl halides is 5. The SMILES string of the molecule is FC(F)(F)C(F)(F)n1nnc(I)n1. The minimum absolute atomic E-state index is 0.290. The summed E-state index contributed by atoms with van der Waals surface area (Å²) in [7, 11) is 0. The number of hydrogen-bond donors (Lipinski definition) is 0. The quantitative estimate of drug-likeness (QED) is 0.581. The van der Waals surface area contributed by atoms with Gasteiger partial charge in [-0.15, -0.1) is 10.2 Å². The normalized spacial score (nSPS) is 13.4. The van der Waals surface area contributed by atoms with E-state index in [1.165, 1.54) is 22.6 Å². The van der Waals surface area contributed by atoms with Crippen LogP contribution in [0.2, 0.25) is 0 Å². The molecular weight excluding hydrogens is 314 g/mol. The summed E-state index contributed by atoms with van der Waals surface area (Å²) in [6, 6.07) is -5.12. The maximum absolute atomic E-state index is 12.3. The summed E-state index contributed by atoms with van der Waals surface area (Å²) >= 11 is 1.36. The van der Waals surface area contributed by atoms with E-state index in [4.69, 9.17) is 0 Å². The Balaban J connectivity index is 3.07. The lowest BCUT2D eigenvalue weighted by Crippen LogP contribution is -2.41. The number of nitrogens with zero attached hydrogens (tertiary/aromatic N) is 4. The molecule has 0 aliphatic heterocycles. The van der Waals surface area contributed by atoms with Crippen molar-refractivity contribution in [2.45, 2.75) is 12.2 Å². The fourth-order valence-electron chi connectivity index (χ4n) is 0.430. The van der Waals surface area contributed by atoms with Crippen LogP contribution in [0.1, 0.15) is 0 Å². The van der Waals surface area contributed by atoms with E-state index in [1.54, 1.807) is 0 Å². The Morgan fingerprint density at radius 3 is 2.00 bits per heavy atom. The molecule has 0 radical (unpaired) electrons. The molecule has 0 fully saturated rings. The third kappa shape index (κ3) is 1.86. The van der Waals surface area contributed by atoms with Crippen molar-refractivity contribution in [3.63, 3.8) is 0 Å². The first-order valence-electron chi connectivity index (χ1n) is 2.65. The largest absolute Gasteiger partial charge is 0.479 e. The van der Waals surface area contributed by atoms with E-state index in [0.717, 1.165) is 0 Å². The van der Waals surface area contributed by atoms with Crippen molar-refractivity contribution in [2.75, 3.05) is 0 Å². The Bertz CT molecular complexity index is 305. The lowest BCUT2D eigenvalue weighted by Gasteiger charge is -2.16.